The molecule has 0 saturated heterocycles. The number of aromatic nitrogens is 4. The minimum absolute atomic E-state index is 0.0222. The summed E-state index contributed by atoms with van der Waals surface area (Å²) < 4.78 is 1.44. The fourth-order valence-corrected chi connectivity index (χ4v) is 2.61. The van der Waals surface area contributed by atoms with Crippen LogP contribution in [0, 0.1) is 0 Å². The molecule has 0 aliphatic heterocycles. The summed E-state index contributed by atoms with van der Waals surface area (Å²) in [6, 6.07) is 8.48. The molecule has 0 saturated carbocycles. The third kappa shape index (κ3) is 2.21. The van der Waals surface area contributed by atoms with Gasteiger partial charge in [-0.25, -0.2) is 4.68 Å². The molecule has 1 atom stereocenters. The molecule has 1 aromatic heterocycles. The second-order valence-electron chi connectivity index (χ2n) is 4.77. The summed E-state index contributed by atoms with van der Waals surface area (Å²) in [5.41, 5.74) is 2.60. The van der Waals surface area contributed by atoms with Crippen LogP contribution in [-0.4, -0.2) is 38.1 Å². The molecule has 1 aromatic carbocycles. The summed E-state index contributed by atoms with van der Waals surface area (Å²) in [5, 5.41) is 10.8. The van der Waals surface area contributed by atoms with Crippen molar-refractivity contribution in [2.75, 3.05) is 7.05 Å². The topological polar surface area (TPSA) is 63.9 Å². The number of tetrazole rings is 1. The number of amides is 1. The quantitative estimate of drug-likeness (QED) is 0.816. The summed E-state index contributed by atoms with van der Waals surface area (Å²) in [6.07, 6.45) is 3.47. The predicted molar refractivity (Wildman–Crippen MR) is 68.1 cm³/mol. The van der Waals surface area contributed by atoms with Crippen LogP contribution in [0.4, 0.5) is 0 Å². The Morgan fingerprint density at radius 3 is 3.11 bits per heavy atom. The Kier molecular flexibility index (Phi) is 2.98. The number of benzene rings is 1. The van der Waals surface area contributed by atoms with Crippen molar-refractivity contribution in [2.24, 2.45) is 0 Å². The van der Waals surface area contributed by atoms with Gasteiger partial charge in [0.1, 0.15) is 12.9 Å². The molecule has 1 heterocycles. The number of carbonyl (C=O) groups excluding carboxylic acids is 1. The van der Waals surface area contributed by atoms with Crippen LogP contribution in [0.3, 0.4) is 0 Å². The molecule has 1 amide bonds. The Balaban J connectivity index is 1.74. The minimum Gasteiger partial charge on any atom is -0.337 e. The molecule has 0 bridgehead atoms. The predicted octanol–water partition coefficient (Wildman–Crippen LogP) is 0.819. The van der Waals surface area contributed by atoms with Crippen LogP contribution in [0.15, 0.2) is 30.6 Å². The van der Waals surface area contributed by atoms with Crippen molar-refractivity contribution in [1.82, 2.24) is 25.1 Å². The Hall–Kier alpha value is -2.24. The fraction of sp³-hybridized carbons (Fsp3) is 0.385. The maximum Gasteiger partial charge on any atom is 0.244 e. The van der Waals surface area contributed by atoms with E-state index < -0.39 is 0 Å². The van der Waals surface area contributed by atoms with E-state index in [1.807, 2.05) is 19.2 Å². The maximum absolute atomic E-state index is 12.2. The molecule has 0 spiro atoms. The molecule has 0 N–H and O–H groups in total. The smallest absolute Gasteiger partial charge is 0.244 e. The highest BCUT2D eigenvalue weighted by atomic mass is 16.2. The highest BCUT2D eigenvalue weighted by Crippen LogP contribution is 2.34. The zero-order valence-electron chi connectivity index (χ0n) is 10.7. The number of carbonyl (C=O) groups is 1. The van der Waals surface area contributed by atoms with Gasteiger partial charge < -0.3 is 4.90 Å². The van der Waals surface area contributed by atoms with Crippen LogP contribution < -0.4 is 0 Å². The molecule has 2 aromatic rings. The van der Waals surface area contributed by atoms with Crippen LogP contribution in [0.25, 0.3) is 0 Å². The summed E-state index contributed by atoms with van der Waals surface area (Å²) >= 11 is 0. The van der Waals surface area contributed by atoms with Gasteiger partial charge in [-0.15, -0.1) is 5.10 Å². The molecule has 1 aliphatic carbocycles. The molecular formula is C13H15N5O. The Labute approximate surface area is 111 Å². The number of rotatable bonds is 3. The van der Waals surface area contributed by atoms with Gasteiger partial charge in [-0.2, -0.15) is 0 Å². The van der Waals surface area contributed by atoms with E-state index >= 15 is 0 Å². The summed E-state index contributed by atoms with van der Waals surface area (Å²) in [5.74, 6) is 0.0222. The van der Waals surface area contributed by atoms with Gasteiger partial charge in [0.05, 0.1) is 6.04 Å². The highest BCUT2D eigenvalue weighted by molar-refractivity contribution is 5.76. The maximum atomic E-state index is 12.2. The molecule has 1 aliphatic rings. The number of likely N-dealkylation sites (N-methyl/N-ethyl adjacent to an activating group) is 1. The third-order valence-corrected chi connectivity index (χ3v) is 3.65. The van der Waals surface area contributed by atoms with E-state index in [1.54, 1.807) is 4.90 Å². The Morgan fingerprint density at radius 1 is 1.47 bits per heavy atom. The highest BCUT2D eigenvalue weighted by Gasteiger charge is 2.28. The van der Waals surface area contributed by atoms with Gasteiger partial charge >= 0.3 is 0 Å². The first-order valence-corrected chi connectivity index (χ1v) is 6.30. The Morgan fingerprint density at radius 2 is 2.32 bits per heavy atom. The van der Waals surface area contributed by atoms with E-state index in [-0.39, 0.29) is 18.5 Å². The zero-order chi connectivity index (χ0) is 13.2. The number of hydrogen-bond donors (Lipinski definition) is 0. The molecule has 3 rings (SSSR count). The van der Waals surface area contributed by atoms with E-state index in [9.17, 15) is 4.79 Å². The second kappa shape index (κ2) is 4.79. The summed E-state index contributed by atoms with van der Waals surface area (Å²) in [4.78, 5) is 14.0. The average molecular weight is 257 g/mol. The van der Waals surface area contributed by atoms with Crippen LogP contribution in [0.1, 0.15) is 23.6 Å². The number of nitrogens with zero attached hydrogens (tertiary/aromatic N) is 5. The number of aryl methyl sites for hydroxylation is 1. The lowest BCUT2D eigenvalue weighted by atomic mass is 10.1. The van der Waals surface area contributed by atoms with Crippen molar-refractivity contribution in [3.63, 3.8) is 0 Å². The van der Waals surface area contributed by atoms with Crippen LogP contribution in [-0.2, 0) is 17.8 Å². The summed E-state index contributed by atoms with van der Waals surface area (Å²) in [7, 11) is 1.85. The van der Waals surface area contributed by atoms with E-state index in [2.05, 4.69) is 27.7 Å². The largest absolute Gasteiger partial charge is 0.337 e. The first-order chi connectivity index (χ1) is 9.25. The molecule has 0 radical (unpaired) electrons. The minimum atomic E-state index is 0.0222. The summed E-state index contributed by atoms with van der Waals surface area (Å²) in [6.45, 7) is 0.183. The van der Waals surface area contributed by atoms with Gasteiger partial charge in [0.25, 0.3) is 0 Å². The van der Waals surface area contributed by atoms with Gasteiger partial charge in [-0.1, -0.05) is 24.3 Å². The van der Waals surface area contributed by atoms with Crippen molar-refractivity contribution in [3.05, 3.63) is 41.7 Å². The molecule has 0 fully saturated rings. The normalized spacial score (nSPS) is 17.2. The lowest BCUT2D eigenvalue weighted by Gasteiger charge is -2.25. The lowest BCUT2D eigenvalue weighted by molar-refractivity contribution is -0.133. The fourth-order valence-electron chi connectivity index (χ4n) is 2.61. The monoisotopic (exact) mass is 257 g/mol. The van der Waals surface area contributed by atoms with Crippen LogP contribution in [0.5, 0.6) is 0 Å². The van der Waals surface area contributed by atoms with E-state index in [1.165, 1.54) is 22.1 Å². The van der Waals surface area contributed by atoms with Crippen LogP contribution in [0.2, 0.25) is 0 Å². The van der Waals surface area contributed by atoms with Crippen molar-refractivity contribution >= 4 is 5.91 Å². The first kappa shape index (κ1) is 11.8. The molecule has 1 unspecified atom stereocenters. The number of fused-ring (bicyclic) bond motifs is 1. The third-order valence-electron chi connectivity index (χ3n) is 3.65. The molecule has 19 heavy (non-hydrogen) atoms. The average Bonchev–Trinajstić information content (AvgIpc) is 3.06. The van der Waals surface area contributed by atoms with Gasteiger partial charge in [0.15, 0.2) is 0 Å². The van der Waals surface area contributed by atoms with Gasteiger partial charge in [0.2, 0.25) is 5.91 Å². The molecule has 6 nitrogen and oxygen atoms in total. The standard InChI is InChI=1S/C13H15N5O/c1-17(13(19)8-18-9-14-15-16-18)12-7-6-10-4-2-3-5-11(10)12/h2-5,9,12H,6-8H2,1H3. The molecular weight excluding hydrogens is 242 g/mol. The van der Waals surface area contributed by atoms with Crippen LogP contribution >= 0.6 is 0 Å². The second-order valence-corrected chi connectivity index (χ2v) is 4.77. The van der Waals surface area contributed by atoms with E-state index in [4.69, 9.17) is 0 Å². The van der Waals surface area contributed by atoms with Crippen molar-refractivity contribution < 1.29 is 4.79 Å². The molecule has 6 heteroatoms. The first-order valence-electron chi connectivity index (χ1n) is 6.30. The van der Waals surface area contributed by atoms with Crippen molar-refractivity contribution in [2.45, 2.75) is 25.4 Å². The van der Waals surface area contributed by atoms with Crippen molar-refractivity contribution in [3.8, 4) is 0 Å². The SMILES string of the molecule is CN(C(=O)Cn1cnnn1)C1CCc2ccccc21. The van der Waals surface area contributed by atoms with Gasteiger partial charge in [0, 0.05) is 7.05 Å². The Bertz CT molecular complexity index is 580. The van der Waals surface area contributed by atoms with E-state index in [0.29, 0.717) is 0 Å². The van der Waals surface area contributed by atoms with Crippen molar-refractivity contribution in [1.29, 1.82) is 0 Å². The molecule has 98 valence electrons. The zero-order valence-corrected chi connectivity index (χ0v) is 10.7. The van der Waals surface area contributed by atoms with E-state index in [0.717, 1.165) is 12.8 Å². The van der Waals surface area contributed by atoms with Gasteiger partial charge in [-0.05, 0) is 34.4 Å². The van der Waals surface area contributed by atoms with Gasteiger partial charge in [-0.3, -0.25) is 4.79 Å². The number of hydrogen-bond acceptors (Lipinski definition) is 4. The lowest BCUT2D eigenvalue weighted by Crippen LogP contribution is -2.33.